The van der Waals surface area contributed by atoms with Crippen molar-refractivity contribution in [1.29, 1.82) is 0 Å². The first-order chi connectivity index (χ1) is 12.3. The summed E-state index contributed by atoms with van der Waals surface area (Å²) in [5, 5.41) is 4.44. The molecule has 134 valence electrons. The number of carbonyl (C=O) groups excluding carboxylic acids is 1. The molecular weight excluding hydrogens is 504 g/mol. The molecule has 0 aliphatic rings. The van der Waals surface area contributed by atoms with Crippen molar-refractivity contribution < 1.29 is 13.2 Å². The van der Waals surface area contributed by atoms with E-state index in [-0.39, 0.29) is 15.5 Å². The van der Waals surface area contributed by atoms with Crippen LogP contribution in [0.15, 0.2) is 73.1 Å². The Hall–Kier alpha value is -1.68. The van der Waals surface area contributed by atoms with Gasteiger partial charge in [-0.25, -0.2) is 8.42 Å². The number of rotatable bonds is 5. The van der Waals surface area contributed by atoms with E-state index in [9.17, 15) is 13.2 Å². The Morgan fingerprint density at radius 2 is 1.65 bits per heavy atom. The number of amides is 1. The number of benzene rings is 2. The minimum atomic E-state index is -3.75. The molecule has 26 heavy (non-hydrogen) atoms. The number of thiophene rings is 1. The second kappa shape index (κ2) is 7.91. The van der Waals surface area contributed by atoms with Gasteiger partial charge in [-0.2, -0.15) is 0 Å². The molecule has 1 amide bonds. The molecule has 5 nitrogen and oxygen atoms in total. The molecule has 0 radical (unpaired) electrons. The Morgan fingerprint density at radius 1 is 0.962 bits per heavy atom. The van der Waals surface area contributed by atoms with Crippen molar-refractivity contribution in [2.75, 3.05) is 10.0 Å². The Labute approximate surface area is 171 Å². The lowest BCUT2D eigenvalue weighted by Gasteiger charge is -2.13. The predicted molar refractivity (Wildman–Crippen MR) is 111 cm³/mol. The van der Waals surface area contributed by atoms with E-state index >= 15 is 0 Å². The van der Waals surface area contributed by atoms with Gasteiger partial charge in [-0.15, -0.1) is 11.3 Å². The van der Waals surface area contributed by atoms with Crippen molar-refractivity contribution in [2.24, 2.45) is 0 Å². The predicted octanol–water partition coefficient (Wildman–Crippen LogP) is 5.33. The lowest BCUT2D eigenvalue weighted by molar-refractivity contribution is 0.102. The zero-order valence-electron chi connectivity index (χ0n) is 13.1. The van der Waals surface area contributed by atoms with Crippen molar-refractivity contribution in [3.05, 3.63) is 74.5 Å². The third kappa shape index (κ3) is 4.53. The third-order valence-corrected chi connectivity index (χ3v) is 7.12. The first-order valence-corrected chi connectivity index (χ1v) is 11.2. The molecule has 1 aromatic heterocycles. The van der Waals surface area contributed by atoms with Gasteiger partial charge in [-0.1, -0.05) is 37.9 Å². The molecular formula is C17H12Br2N2O3S2. The van der Waals surface area contributed by atoms with Gasteiger partial charge >= 0.3 is 0 Å². The molecule has 0 saturated heterocycles. The summed E-state index contributed by atoms with van der Waals surface area (Å²) in [6.07, 6.45) is 0. The van der Waals surface area contributed by atoms with Crippen LogP contribution in [-0.4, -0.2) is 14.3 Å². The van der Waals surface area contributed by atoms with Gasteiger partial charge < -0.3 is 5.32 Å². The van der Waals surface area contributed by atoms with Crippen LogP contribution in [0, 0.1) is 0 Å². The Morgan fingerprint density at radius 3 is 2.31 bits per heavy atom. The Balaban J connectivity index is 1.90. The number of anilines is 2. The smallest absolute Gasteiger partial charge is 0.271 e. The highest BCUT2D eigenvalue weighted by atomic mass is 79.9. The van der Waals surface area contributed by atoms with Crippen LogP contribution in [0.3, 0.4) is 0 Å². The van der Waals surface area contributed by atoms with Gasteiger partial charge in [0.2, 0.25) is 0 Å². The van der Waals surface area contributed by atoms with Gasteiger partial charge in [-0.05, 0) is 53.9 Å². The van der Waals surface area contributed by atoms with Crippen LogP contribution in [0.25, 0.3) is 0 Å². The van der Waals surface area contributed by atoms with Gasteiger partial charge in [0.25, 0.3) is 15.9 Å². The molecule has 3 aromatic rings. The molecule has 9 heteroatoms. The second-order valence-corrected chi connectivity index (χ2v) is 9.88. The van der Waals surface area contributed by atoms with Crippen LogP contribution < -0.4 is 10.0 Å². The molecule has 0 bridgehead atoms. The fourth-order valence-electron chi connectivity index (χ4n) is 2.14. The summed E-state index contributed by atoms with van der Waals surface area (Å²) in [5.74, 6) is -0.419. The fourth-order valence-corrected chi connectivity index (χ4v) is 4.83. The summed E-state index contributed by atoms with van der Waals surface area (Å²) < 4.78 is 29.2. The SMILES string of the molecule is O=C(Nc1ccc(Br)cc1)c1cc(Br)ccc1NS(=O)(=O)c1cccs1. The van der Waals surface area contributed by atoms with Crippen LogP contribution in [0.5, 0.6) is 0 Å². The average Bonchev–Trinajstić information content (AvgIpc) is 3.14. The maximum absolute atomic E-state index is 12.7. The molecule has 0 aliphatic heterocycles. The van der Waals surface area contributed by atoms with E-state index in [1.165, 1.54) is 6.07 Å². The van der Waals surface area contributed by atoms with Crippen molar-refractivity contribution in [3.8, 4) is 0 Å². The van der Waals surface area contributed by atoms with Crippen LogP contribution >= 0.6 is 43.2 Å². The lowest BCUT2D eigenvalue weighted by atomic mass is 10.1. The van der Waals surface area contributed by atoms with Crippen molar-refractivity contribution in [1.82, 2.24) is 0 Å². The van der Waals surface area contributed by atoms with Gasteiger partial charge in [-0.3, -0.25) is 9.52 Å². The van der Waals surface area contributed by atoms with Crippen molar-refractivity contribution in [3.63, 3.8) is 0 Å². The van der Waals surface area contributed by atoms with Gasteiger partial charge in [0.1, 0.15) is 4.21 Å². The number of hydrogen-bond acceptors (Lipinski definition) is 4. The summed E-state index contributed by atoms with van der Waals surface area (Å²) in [6.45, 7) is 0. The largest absolute Gasteiger partial charge is 0.322 e. The van der Waals surface area contributed by atoms with Crippen LogP contribution in [0.2, 0.25) is 0 Å². The fraction of sp³-hybridized carbons (Fsp3) is 0. The Kier molecular flexibility index (Phi) is 5.81. The van der Waals surface area contributed by atoms with E-state index in [1.54, 1.807) is 53.9 Å². The van der Waals surface area contributed by atoms with E-state index in [0.717, 1.165) is 15.8 Å². The van der Waals surface area contributed by atoms with E-state index < -0.39 is 15.9 Å². The summed E-state index contributed by atoms with van der Waals surface area (Å²) in [6, 6.07) is 15.0. The number of carbonyl (C=O) groups is 1. The molecule has 0 aliphatic carbocycles. The maximum atomic E-state index is 12.7. The molecule has 0 fully saturated rings. The topological polar surface area (TPSA) is 75.3 Å². The van der Waals surface area contributed by atoms with E-state index in [1.807, 2.05) is 0 Å². The summed E-state index contributed by atoms with van der Waals surface area (Å²) >= 11 is 7.76. The van der Waals surface area contributed by atoms with Crippen LogP contribution in [0.1, 0.15) is 10.4 Å². The zero-order valence-corrected chi connectivity index (χ0v) is 17.9. The van der Waals surface area contributed by atoms with Crippen molar-refractivity contribution >= 4 is 70.5 Å². The number of nitrogens with one attached hydrogen (secondary N) is 2. The normalized spacial score (nSPS) is 11.2. The number of halogens is 2. The van der Waals surface area contributed by atoms with E-state index in [0.29, 0.717) is 10.2 Å². The highest BCUT2D eigenvalue weighted by molar-refractivity contribution is 9.10. The van der Waals surface area contributed by atoms with Gasteiger partial charge in [0, 0.05) is 14.6 Å². The molecule has 1 heterocycles. The van der Waals surface area contributed by atoms with Crippen molar-refractivity contribution in [2.45, 2.75) is 4.21 Å². The van der Waals surface area contributed by atoms with Crippen LogP contribution in [0.4, 0.5) is 11.4 Å². The zero-order chi connectivity index (χ0) is 18.7. The lowest BCUT2D eigenvalue weighted by Crippen LogP contribution is -2.18. The number of hydrogen-bond donors (Lipinski definition) is 2. The summed E-state index contributed by atoms with van der Waals surface area (Å²) in [7, 11) is -3.75. The molecule has 0 saturated carbocycles. The third-order valence-electron chi connectivity index (χ3n) is 3.33. The first-order valence-electron chi connectivity index (χ1n) is 7.28. The maximum Gasteiger partial charge on any atom is 0.271 e. The Bertz CT molecular complexity index is 1030. The quantitative estimate of drug-likeness (QED) is 0.482. The minimum absolute atomic E-state index is 0.180. The highest BCUT2D eigenvalue weighted by Gasteiger charge is 2.20. The number of sulfonamides is 1. The van der Waals surface area contributed by atoms with Gasteiger partial charge in [0.15, 0.2) is 0 Å². The average molecular weight is 516 g/mol. The monoisotopic (exact) mass is 514 g/mol. The second-order valence-electron chi connectivity index (χ2n) is 5.19. The molecule has 0 unspecified atom stereocenters. The van der Waals surface area contributed by atoms with Crippen LogP contribution in [-0.2, 0) is 10.0 Å². The molecule has 3 rings (SSSR count). The molecule has 2 N–H and O–H groups in total. The summed E-state index contributed by atoms with van der Waals surface area (Å²) in [5.41, 5.74) is 1.02. The summed E-state index contributed by atoms with van der Waals surface area (Å²) in [4.78, 5) is 12.7. The first kappa shape index (κ1) is 19.1. The molecule has 0 atom stereocenters. The van der Waals surface area contributed by atoms with E-state index in [4.69, 9.17) is 0 Å². The molecule has 2 aromatic carbocycles. The highest BCUT2D eigenvalue weighted by Crippen LogP contribution is 2.26. The standard InChI is InChI=1S/C17H12Br2N2O3S2/c18-11-3-6-13(7-4-11)20-17(22)14-10-12(19)5-8-15(14)21-26(23,24)16-2-1-9-25-16/h1-10,21H,(H,20,22). The van der Waals surface area contributed by atoms with Gasteiger partial charge in [0.05, 0.1) is 11.3 Å². The minimum Gasteiger partial charge on any atom is -0.322 e. The van der Waals surface area contributed by atoms with E-state index in [2.05, 4.69) is 41.9 Å². The molecule has 0 spiro atoms.